The molecule has 1 N–H and O–H groups in total. The van der Waals surface area contributed by atoms with Gasteiger partial charge in [0.25, 0.3) is 0 Å². The summed E-state index contributed by atoms with van der Waals surface area (Å²) in [6.07, 6.45) is 1.80. The molecule has 0 saturated heterocycles. The maximum atomic E-state index is 4.40. The fourth-order valence-corrected chi connectivity index (χ4v) is 2.15. The molecule has 0 unspecified atom stereocenters. The second-order valence-electron chi connectivity index (χ2n) is 5.08. The van der Waals surface area contributed by atoms with Gasteiger partial charge in [0.05, 0.1) is 5.69 Å². The van der Waals surface area contributed by atoms with E-state index in [-0.39, 0.29) is 5.54 Å². The minimum absolute atomic E-state index is 0.0977. The summed E-state index contributed by atoms with van der Waals surface area (Å²) in [4.78, 5) is 8.51. The van der Waals surface area contributed by atoms with Crippen LogP contribution in [0.2, 0.25) is 0 Å². The average Bonchev–Trinajstić information content (AvgIpc) is 2.37. The van der Waals surface area contributed by atoms with E-state index in [1.165, 1.54) is 5.56 Å². The van der Waals surface area contributed by atoms with E-state index in [4.69, 9.17) is 0 Å². The van der Waals surface area contributed by atoms with Crippen LogP contribution in [0.4, 0.5) is 0 Å². The zero-order valence-electron chi connectivity index (χ0n) is 11.4. The largest absolute Gasteiger partial charge is 0.302 e. The topological polar surface area (TPSA) is 37.8 Å². The standard InChI is InChI=1S/C15H18BrN3/c1-11-17-9-8-14(19-11)10-18-15(2,3)12-4-6-13(16)7-5-12/h4-9,18H,10H2,1-3H3. The van der Waals surface area contributed by atoms with Gasteiger partial charge in [0.15, 0.2) is 0 Å². The van der Waals surface area contributed by atoms with E-state index in [9.17, 15) is 0 Å². The first-order valence-corrected chi connectivity index (χ1v) is 7.06. The molecular formula is C15H18BrN3. The zero-order chi connectivity index (χ0) is 13.9. The SMILES string of the molecule is Cc1nccc(CNC(C)(C)c2ccc(Br)cc2)n1. The van der Waals surface area contributed by atoms with Crippen LogP contribution in [0, 0.1) is 6.92 Å². The van der Waals surface area contributed by atoms with Crippen LogP contribution in [0.25, 0.3) is 0 Å². The third-order valence-electron chi connectivity index (χ3n) is 3.11. The van der Waals surface area contributed by atoms with Crippen LogP contribution >= 0.6 is 15.9 Å². The molecule has 0 saturated carbocycles. The molecule has 0 aliphatic heterocycles. The molecule has 0 aliphatic carbocycles. The second-order valence-corrected chi connectivity index (χ2v) is 6.00. The van der Waals surface area contributed by atoms with Gasteiger partial charge in [0.2, 0.25) is 0 Å². The Morgan fingerprint density at radius 2 is 1.84 bits per heavy atom. The molecule has 1 heterocycles. The molecule has 19 heavy (non-hydrogen) atoms. The summed E-state index contributed by atoms with van der Waals surface area (Å²) in [5, 5.41) is 3.53. The van der Waals surface area contributed by atoms with Crippen molar-refractivity contribution in [1.29, 1.82) is 0 Å². The third-order valence-corrected chi connectivity index (χ3v) is 3.64. The van der Waals surface area contributed by atoms with Crippen molar-refractivity contribution in [1.82, 2.24) is 15.3 Å². The molecular weight excluding hydrogens is 302 g/mol. The molecule has 0 aliphatic rings. The van der Waals surface area contributed by atoms with E-state index in [0.717, 1.165) is 22.5 Å². The number of rotatable bonds is 4. The Hall–Kier alpha value is -1.26. The fourth-order valence-electron chi connectivity index (χ4n) is 1.88. The molecule has 0 spiro atoms. The van der Waals surface area contributed by atoms with Crippen molar-refractivity contribution in [2.45, 2.75) is 32.9 Å². The van der Waals surface area contributed by atoms with Gasteiger partial charge in [-0.1, -0.05) is 28.1 Å². The molecule has 4 heteroatoms. The molecule has 1 aromatic carbocycles. The molecule has 0 radical (unpaired) electrons. The van der Waals surface area contributed by atoms with Gasteiger partial charge in [0, 0.05) is 22.8 Å². The molecule has 2 rings (SSSR count). The van der Waals surface area contributed by atoms with Gasteiger partial charge in [-0.15, -0.1) is 0 Å². The first kappa shape index (κ1) is 14.2. The first-order valence-electron chi connectivity index (χ1n) is 6.27. The molecule has 0 amide bonds. The highest BCUT2D eigenvalue weighted by molar-refractivity contribution is 9.10. The Balaban J connectivity index is 2.07. The monoisotopic (exact) mass is 319 g/mol. The van der Waals surface area contributed by atoms with E-state index in [0.29, 0.717) is 0 Å². The molecule has 0 atom stereocenters. The van der Waals surface area contributed by atoms with Gasteiger partial charge < -0.3 is 5.32 Å². The number of hydrogen-bond donors (Lipinski definition) is 1. The molecule has 0 fully saturated rings. The number of benzene rings is 1. The van der Waals surface area contributed by atoms with E-state index < -0.39 is 0 Å². The smallest absolute Gasteiger partial charge is 0.125 e. The summed E-state index contributed by atoms with van der Waals surface area (Å²) in [6, 6.07) is 10.3. The molecule has 3 nitrogen and oxygen atoms in total. The van der Waals surface area contributed by atoms with Crippen molar-refractivity contribution in [3.8, 4) is 0 Å². The van der Waals surface area contributed by atoms with E-state index in [2.05, 4.69) is 69.3 Å². The average molecular weight is 320 g/mol. The van der Waals surface area contributed by atoms with Crippen molar-refractivity contribution in [3.63, 3.8) is 0 Å². The van der Waals surface area contributed by atoms with Crippen LogP contribution in [-0.2, 0) is 12.1 Å². The lowest BCUT2D eigenvalue weighted by atomic mass is 9.94. The van der Waals surface area contributed by atoms with Crippen LogP contribution in [0.3, 0.4) is 0 Å². The van der Waals surface area contributed by atoms with Gasteiger partial charge in [0.1, 0.15) is 5.82 Å². The van der Waals surface area contributed by atoms with E-state index >= 15 is 0 Å². The maximum absolute atomic E-state index is 4.40. The molecule has 100 valence electrons. The Morgan fingerprint density at radius 1 is 1.16 bits per heavy atom. The summed E-state index contributed by atoms with van der Waals surface area (Å²) in [5.41, 5.74) is 2.17. The summed E-state index contributed by atoms with van der Waals surface area (Å²) < 4.78 is 1.10. The quantitative estimate of drug-likeness (QED) is 0.936. The summed E-state index contributed by atoms with van der Waals surface area (Å²) in [5.74, 6) is 0.806. The van der Waals surface area contributed by atoms with Gasteiger partial charge in [-0.3, -0.25) is 0 Å². The molecule has 0 bridgehead atoms. The fraction of sp³-hybridized carbons (Fsp3) is 0.333. The lowest BCUT2D eigenvalue weighted by Gasteiger charge is -2.27. The zero-order valence-corrected chi connectivity index (χ0v) is 13.0. The van der Waals surface area contributed by atoms with Crippen molar-refractivity contribution in [2.24, 2.45) is 0 Å². The highest BCUT2D eigenvalue weighted by atomic mass is 79.9. The Labute approximate surface area is 122 Å². The third kappa shape index (κ3) is 3.85. The molecule has 1 aromatic heterocycles. The van der Waals surface area contributed by atoms with Gasteiger partial charge in [-0.2, -0.15) is 0 Å². The van der Waals surface area contributed by atoms with Gasteiger partial charge in [-0.05, 0) is 44.5 Å². The minimum atomic E-state index is -0.0977. The highest BCUT2D eigenvalue weighted by Gasteiger charge is 2.19. The number of nitrogens with zero attached hydrogens (tertiary/aromatic N) is 2. The summed E-state index contributed by atoms with van der Waals surface area (Å²) >= 11 is 3.46. The number of aryl methyl sites for hydroxylation is 1. The number of halogens is 1. The first-order chi connectivity index (χ1) is 8.97. The second kappa shape index (κ2) is 5.80. The highest BCUT2D eigenvalue weighted by Crippen LogP contribution is 2.22. The number of nitrogens with one attached hydrogen (secondary N) is 1. The van der Waals surface area contributed by atoms with Gasteiger partial charge >= 0.3 is 0 Å². The minimum Gasteiger partial charge on any atom is -0.302 e. The van der Waals surface area contributed by atoms with Gasteiger partial charge in [-0.25, -0.2) is 9.97 Å². The Morgan fingerprint density at radius 3 is 2.47 bits per heavy atom. The van der Waals surface area contributed by atoms with E-state index in [1.54, 1.807) is 6.20 Å². The van der Waals surface area contributed by atoms with Crippen molar-refractivity contribution in [2.75, 3.05) is 0 Å². The number of hydrogen-bond acceptors (Lipinski definition) is 3. The Bertz CT molecular complexity index is 550. The van der Waals surface area contributed by atoms with Crippen molar-refractivity contribution >= 4 is 15.9 Å². The lowest BCUT2D eigenvalue weighted by Crippen LogP contribution is -2.36. The van der Waals surface area contributed by atoms with Crippen LogP contribution in [0.5, 0.6) is 0 Å². The van der Waals surface area contributed by atoms with Crippen LogP contribution < -0.4 is 5.32 Å². The normalized spacial score (nSPS) is 11.6. The van der Waals surface area contributed by atoms with Crippen LogP contribution in [-0.4, -0.2) is 9.97 Å². The molecule has 2 aromatic rings. The number of aromatic nitrogens is 2. The van der Waals surface area contributed by atoms with Crippen LogP contribution in [0.1, 0.15) is 30.9 Å². The predicted octanol–water partition coefficient (Wildman–Crippen LogP) is 3.57. The summed E-state index contributed by atoms with van der Waals surface area (Å²) in [6.45, 7) is 6.98. The summed E-state index contributed by atoms with van der Waals surface area (Å²) in [7, 11) is 0. The van der Waals surface area contributed by atoms with Crippen molar-refractivity contribution in [3.05, 3.63) is 58.1 Å². The lowest BCUT2D eigenvalue weighted by molar-refractivity contribution is 0.398. The van der Waals surface area contributed by atoms with Crippen LogP contribution in [0.15, 0.2) is 41.0 Å². The van der Waals surface area contributed by atoms with Crippen molar-refractivity contribution < 1.29 is 0 Å². The predicted molar refractivity (Wildman–Crippen MR) is 80.8 cm³/mol. The van der Waals surface area contributed by atoms with E-state index in [1.807, 2.05) is 13.0 Å². The maximum Gasteiger partial charge on any atom is 0.125 e. The Kier molecular flexibility index (Phi) is 4.32.